The molecule has 0 saturated heterocycles. The van der Waals surface area contributed by atoms with E-state index in [0.29, 0.717) is 5.69 Å². The highest BCUT2D eigenvalue weighted by Gasteiger charge is 2.28. The lowest BCUT2D eigenvalue weighted by Crippen LogP contribution is -2.25. The molecule has 0 aliphatic heterocycles. The first-order valence-electron chi connectivity index (χ1n) is 9.25. The molecule has 1 amide bonds. The second-order valence-electron chi connectivity index (χ2n) is 6.86. The normalized spacial score (nSPS) is 14.2. The second-order valence-corrected chi connectivity index (χ2v) is 10.1. The zero-order valence-electron chi connectivity index (χ0n) is 16.0. The average Bonchev–Trinajstić information content (AvgIpc) is 3.36. The summed E-state index contributed by atoms with van der Waals surface area (Å²) in [6, 6.07) is 13.5. The van der Waals surface area contributed by atoms with Crippen molar-refractivity contribution in [3.63, 3.8) is 0 Å². The van der Waals surface area contributed by atoms with Gasteiger partial charge >= 0.3 is 10.1 Å². The number of hydrogen-bond donors (Lipinski definition) is 2. The molecule has 31 heavy (non-hydrogen) atoms. The molecule has 0 spiro atoms. The van der Waals surface area contributed by atoms with Gasteiger partial charge in [0.05, 0.1) is 11.2 Å². The van der Waals surface area contributed by atoms with Gasteiger partial charge in [-0.2, -0.15) is 8.42 Å². The van der Waals surface area contributed by atoms with Gasteiger partial charge in [0.25, 0.3) is 5.91 Å². The van der Waals surface area contributed by atoms with Crippen LogP contribution in [0.4, 0.5) is 5.69 Å². The van der Waals surface area contributed by atoms with Crippen LogP contribution in [0.3, 0.4) is 0 Å². The molecule has 1 heterocycles. The molecule has 0 radical (unpaired) electrons. The summed E-state index contributed by atoms with van der Waals surface area (Å²) in [7, 11) is -7.85. The molecule has 0 bridgehead atoms. The van der Waals surface area contributed by atoms with Crippen molar-refractivity contribution in [2.24, 2.45) is 0 Å². The van der Waals surface area contributed by atoms with Crippen LogP contribution in [0.15, 0.2) is 81.1 Å². The third-order valence-electron chi connectivity index (χ3n) is 4.38. The van der Waals surface area contributed by atoms with Crippen LogP contribution in [0.5, 0.6) is 5.75 Å². The molecule has 4 rings (SSSR count). The summed E-state index contributed by atoms with van der Waals surface area (Å²) < 4.78 is 62.0. The summed E-state index contributed by atoms with van der Waals surface area (Å²) in [6.07, 6.45) is 2.97. The molecule has 3 aromatic rings. The van der Waals surface area contributed by atoms with Crippen molar-refractivity contribution in [1.29, 1.82) is 0 Å². The number of anilines is 1. The minimum absolute atomic E-state index is 0.0185. The van der Waals surface area contributed by atoms with E-state index in [1.165, 1.54) is 60.9 Å². The Labute approximate surface area is 179 Å². The van der Waals surface area contributed by atoms with Crippen LogP contribution >= 0.6 is 0 Å². The first-order valence-corrected chi connectivity index (χ1v) is 12.1. The monoisotopic (exact) mass is 462 g/mol. The van der Waals surface area contributed by atoms with Crippen LogP contribution in [-0.4, -0.2) is 28.8 Å². The molecule has 0 atom stereocenters. The van der Waals surface area contributed by atoms with E-state index in [1.807, 2.05) is 0 Å². The predicted molar refractivity (Wildman–Crippen MR) is 111 cm³/mol. The molecule has 1 aromatic heterocycles. The number of furan rings is 1. The molecule has 9 nitrogen and oxygen atoms in total. The van der Waals surface area contributed by atoms with Crippen LogP contribution in [0, 0.1) is 0 Å². The summed E-state index contributed by atoms with van der Waals surface area (Å²) in [6.45, 7) is 0. The minimum atomic E-state index is -4.18. The van der Waals surface area contributed by atoms with Gasteiger partial charge in [0, 0.05) is 11.7 Å². The van der Waals surface area contributed by atoms with E-state index in [4.69, 9.17) is 8.60 Å². The highest BCUT2D eigenvalue weighted by Crippen LogP contribution is 2.24. The van der Waals surface area contributed by atoms with Crippen LogP contribution in [0.25, 0.3) is 0 Å². The molecule has 0 unspecified atom stereocenters. The Morgan fingerprint density at radius 2 is 1.55 bits per heavy atom. The van der Waals surface area contributed by atoms with Crippen molar-refractivity contribution < 1.29 is 30.2 Å². The van der Waals surface area contributed by atoms with Crippen molar-refractivity contribution in [3.05, 3.63) is 72.7 Å². The zero-order chi connectivity index (χ0) is 22.1. The molecule has 1 aliphatic rings. The first-order chi connectivity index (χ1) is 14.7. The summed E-state index contributed by atoms with van der Waals surface area (Å²) in [4.78, 5) is 11.7. The topological polar surface area (TPSA) is 132 Å². The van der Waals surface area contributed by atoms with Crippen molar-refractivity contribution >= 4 is 31.7 Å². The maximum Gasteiger partial charge on any atom is 0.339 e. The molecule has 2 N–H and O–H groups in total. The number of hydrogen-bond acceptors (Lipinski definition) is 7. The highest BCUT2D eigenvalue weighted by atomic mass is 32.2. The number of sulfonamides is 1. The predicted octanol–water partition coefficient (Wildman–Crippen LogP) is 2.74. The fraction of sp³-hybridized carbons (Fsp3) is 0.150. The Morgan fingerprint density at radius 1 is 0.903 bits per heavy atom. The van der Waals surface area contributed by atoms with E-state index < -0.39 is 26.0 Å². The number of carbonyl (C=O) groups excluding carboxylic acids is 1. The molecule has 1 fully saturated rings. The fourth-order valence-corrected chi connectivity index (χ4v) is 4.88. The molecule has 2 aromatic carbocycles. The van der Waals surface area contributed by atoms with Gasteiger partial charge in [0.15, 0.2) is 5.76 Å². The number of rotatable bonds is 8. The Hall–Kier alpha value is -3.15. The van der Waals surface area contributed by atoms with Gasteiger partial charge in [-0.05, 0) is 73.5 Å². The van der Waals surface area contributed by atoms with Gasteiger partial charge in [0.1, 0.15) is 10.6 Å². The number of nitrogens with one attached hydrogen (secondary N) is 2. The maximum absolute atomic E-state index is 12.5. The van der Waals surface area contributed by atoms with Crippen molar-refractivity contribution in [1.82, 2.24) is 4.72 Å². The number of benzene rings is 2. The Balaban J connectivity index is 1.42. The number of amides is 1. The molecular weight excluding hydrogens is 444 g/mol. The van der Waals surface area contributed by atoms with Crippen LogP contribution < -0.4 is 14.2 Å². The average molecular weight is 463 g/mol. The fourth-order valence-electron chi connectivity index (χ4n) is 2.64. The maximum atomic E-state index is 12.5. The smallest absolute Gasteiger partial charge is 0.339 e. The molecule has 11 heteroatoms. The van der Waals surface area contributed by atoms with Gasteiger partial charge in [-0.1, -0.05) is 0 Å². The van der Waals surface area contributed by atoms with Crippen molar-refractivity contribution in [3.8, 4) is 5.75 Å². The summed E-state index contributed by atoms with van der Waals surface area (Å²) in [5.41, 5.74) is 0.420. The van der Waals surface area contributed by atoms with E-state index >= 15 is 0 Å². The SMILES string of the molecule is O=C(Nc1ccc(OS(=O)(=O)c2ccc(S(=O)(=O)NC3CC3)cc2)cc1)c1ccco1. The third-order valence-corrected chi connectivity index (χ3v) is 7.18. The quantitative estimate of drug-likeness (QED) is 0.492. The summed E-state index contributed by atoms with van der Waals surface area (Å²) >= 11 is 0. The van der Waals surface area contributed by atoms with Crippen molar-refractivity contribution in [2.45, 2.75) is 28.7 Å². The van der Waals surface area contributed by atoms with Crippen LogP contribution in [0.1, 0.15) is 23.4 Å². The Morgan fingerprint density at radius 3 is 2.13 bits per heavy atom. The second kappa shape index (κ2) is 8.17. The lowest BCUT2D eigenvalue weighted by atomic mass is 10.3. The standard InChI is InChI=1S/C20H18N2O7S2/c23-20(19-2-1-13-28-19)21-14-5-7-16(8-6-14)29-31(26,27)18-11-9-17(10-12-18)30(24,25)22-15-3-4-15/h1-2,5-13,15,22H,3-4H2,(H,21,23). The lowest BCUT2D eigenvalue weighted by molar-refractivity contribution is 0.0996. The van der Waals surface area contributed by atoms with E-state index in [1.54, 1.807) is 6.07 Å². The largest absolute Gasteiger partial charge is 0.459 e. The van der Waals surface area contributed by atoms with E-state index in [9.17, 15) is 21.6 Å². The highest BCUT2D eigenvalue weighted by molar-refractivity contribution is 7.89. The summed E-state index contributed by atoms with van der Waals surface area (Å²) in [5.74, 6) is -0.277. The van der Waals surface area contributed by atoms with Crippen LogP contribution in [-0.2, 0) is 20.1 Å². The van der Waals surface area contributed by atoms with E-state index in [2.05, 4.69) is 10.0 Å². The molecule has 1 saturated carbocycles. The Bertz CT molecular complexity index is 1280. The van der Waals surface area contributed by atoms with Crippen LogP contribution in [0.2, 0.25) is 0 Å². The zero-order valence-corrected chi connectivity index (χ0v) is 17.6. The molecule has 162 valence electrons. The van der Waals surface area contributed by atoms with Gasteiger partial charge in [0.2, 0.25) is 10.0 Å². The Kier molecular flexibility index (Phi) is 5.56. The van der Waals surface area contributed by atoms with E-state index in [-0.39, 0.29) is 27.3 Å². The van der Waals surface area contributed by atoms with E-state index in [0.717, 1.165) is 12.8 Å². The molecular formula is C20H18N2O7S2. The first kappa shape index (κ1) is 21.1. The third kappa shape index (κ3) is 5.13. The minimum Gasteiger partial charge on any atom is -0.459 e. The van der Waals surface area contributed by atoms with Gasteiger partial charge in [-0.25, -0.2) is 13.1 Å². The van der Waals surface area contributed by atoms with Gasteiger partial charge in [-0.15, -0.1) is 0 Å². The van der Waals surface area contributed by atoms with Gasteiger partial charge in [-0.3, -0.25) is 4.79 Å². The van der Waals surface area contributed by atoms with Crippen molar-refractivity contribution in [2.75, 3.05) is 5.32 Å². The summed E-state index contributed by atoms with van der Waals surface area (Å²) in [5, 5.41) is 2.60. The number of carbonyl (C=O) groups is 1. The lowest BCUT2D eigenvalue weighted by Gasteiger charge is -2.09. The van der Waals surface area contributed by atoms with Gasteiger partial charge < -0.3 is 13.9 Å². The molecule has 1 aliphatic carbocycles.